The zero-order valence-electron chi connectivity index (χ0n) is 15.7. The van der Waals surface area contributed by atoms with Crippen LogP contribution in [-0.4, -0.2) is 83.7 Å². The number of nitrogens with zero attached hydrogens (tertiary/aromatic N) is 2. The second-order valence-corrected chi connectivity index (χ2v) is 7.54. The molecule has 0 bridgehead atoms. The standard InChI is InChI=1S/C17H27F3N2O5/c1-3-4-9-26-13(23)15(2)10-21(12-17(18,19)20)11-16(27-15)5-7-22(8-6-16)14(24)25/h3-12H2,1-2H3,(H,24,25). The van der Waals surface area contributed by atoms with E-state index in [1.807, 2.05) is 6.92 Å². The zero-order valence-corrected chi connectivity index (χ0v) is 15.7. The van der Waals surface area contributed by atoms with Crippen LogP contribution in [0, 0.1) is 0 Å². The minimum absolute atomic E-state index is 0.00218. The molecule has 10 heteroatoms. The lowest BCUT2D eigenvalue weighted by Gasteiger charge is -2.52. The molecule has 1 amide bonds. The second kappa shape index (κ2) is 8.22. The Morgan fingerprint density at radius 1 is 1.22 bits per heavy atom. The molecule has 2 rings (SSSR count). The van der Waals surface area contributed by atoms with Gasteiger partial charge in [-0.1, -0.05) is 13.3 Å². The highest BCUT2D eigenvalue weighted by molar-refractivity contribution is 5.79. The predicted molar refractivity (Wildman–Crippen MR) is 89.4 cm³/mol. The average molecular weight is 396 g/mol. The Morgan fingerprint density at radius 2 is 1.85 bits per heavy atom. The van der Waals surface area contributed by atoms with Crippen molar-refractivity contribution in [3.8, 4) is 0 Å². The molecule has 0 saturated carbocycles. The van der Waals surface area contributed by atoms with Gasteiger partial charge in [0.15, 0.2) is 5.60 Å². The van der Waals surface area contributed by atoms with Gasteiger partial charge in [0.05, 0.1) is 18.8 Å². The maximum atomic E-state index is 13.0. The highest BCUT2D eigenvalue weighted by Gasteiger charge is 2.53. The molecule has 7 nitrogen and oxygen atoms in total. The Bertz CT molecular complexity index is 549. The van der Waals surface area contributed by atoms with Crippen LogP contribution in [0.25, 0.3) is 0 Å². The number of morpholine rings is 1. The van der Waals surface area contributed by atoms with Gasteiger partial charge in [-0.3, -0.25) is 4.90 Å². The normalized spacial score (nSPS) is 26.2. The minimum atomic E-state index is -4.41. The summed E-state index contributed by atoms with van der Waals surface area (Å²) < 4.78 is 50.2. The fourth-order valence-electron chi connectivity index (χ4n) is 3.73. The minimum Gasteiger partial charge on any atom is -0.465 e. The molecule has 1 atom stereocenters. The quantitative estimate of drug-likeness (QED) is 0.568. The number of piperidine rings is 1. The van der Waals surface area contributed by atoms with Crippen molar-refractivity contribution in [2.75, 3.05) is 39.3 Å². The van der Waals surface area contributed by atoms with Gasteiger partial charge in [-0.2, -0.15) is 13.2 Å². The van der Waals surface area contributed by atoms with E-state index >= 15 is 0 Å². The number of carbonyl (C=O) groups excluding carboxylic acids is 1. The van der Waals surface area contributed by atoms with Crippen molar-refractivity contribution in [2.45, 2.75) is 56.9 Å². The molecule has 0 aliphatic carbocycles. The van der Waals surface area contributed by atoms with E-state index < -0.39 is 36.0 Å². The van der Waals surface area contributed by atoms with E-state index in [1.54, 1.807) is 0 Å². The van der Waals surface area contributed by atoms with Crippen LogP contribution in [0.5, 0.6) is 0 Å². The van der Waals surface area contributed by atoms with Crippen LogP contribution >= 0.6 is 0 Å². The number of carboxylic acid groups (broad SMARTS) is 1. The summed E-state index contributed by atoms with van der Waals surface area (Å²) in [5.41, 5.74) is -2.53. The Morgan fingerprint density at radius 3 is 2.37 bits per heavy atom. The number of unbranched alkanes of at least 4 members (excludes halogenated alkanes) is 1. The number of ether oxygens (including phenoxy) is 2. The lowest BCUT2D eigenvalue weighted by molar-refractivity contribution is -0.244. The Labute approximate surface area is 156 Å². The molecule has 1 unspecified atom stereocenters. The van der Waals surface area contributed by atoms with Crippen molar-refractivity contribution in [3.63, 3.8) is 0 Å². The molecule has 2 aliphatic rings. The SMILES string of the molecule is CCCCOC(=O)C1(C)CN(CC(F)(F)F)CC2(CCN(C(=O)O)CC2)O1. The van der Waals surface area contributed by atoms with Crippen LogP contribution in [0.15, 0.2) is 0 Å². The number of esters is 1. The van der Waals surface area contributed by atoms with Crippen LogP contribution in [0.1, 0.15) is 39.5 Å². The van der Waals surface area contributed by atoms with Crippen LogP contribution in [0.2, 0.25) is 0 Å². The van der Waals surface area contributed by atoms with Crippen molar-refractivity contribution in [1.82, 2.24) is 9.80 Å². The Hall–Kier alpha value is -1.55. The summed E-state index contributed by atoms with van der Waals surface area (Å²) in [5, 5.41) is 9.09. The zero-order chi connectivity index (χ0) is 20.3. The van der Waals surface area contributed by atoms with Crippen LogP contribution in [0.3, 0.4) is 0 Å². The van der Waals surface area contributed by atoms with Gasteiger partial charge in [0, 0.05) is 26.2 Å². The van der Waals surface area contributed by atoms with Crippen molar-refractivity contribution >= 4 is 12.1 Å². The van der Waals surface area contributed by atoms with E-state index in [1.165, 1.54) is 16.7 Å². The first-order valence-corrected chi connectivity index (χ1v) is 9.13. The summed E-state index contributed by atoms with van der Waals surface area (Å²) in [6, 6.07) is 0. The first kappa shape index (κ1) is 21.7. The molecular weight excluding hydrogens is 369 g/mol. The molecule has 2 aliphatic heterocycles. The van der Waals surface area contributed by atoms with Crippen molar-refractivity contribution in [2.24, 2.45) is 0 Å². The molecule has 156 valence electrons. The fraction of sp³-hybridized carbons (Fsp3) is 0.882. The van der Waals surface area contributed by atoms with E-state index in [2.05, 4.69) is 0 Å². The third-order valence-electron chi connectivity index (χ3n) is 4.99. The molecule has 0 aromatic carbocycles. The number of halogens is 3. The maximum Gasteiger partial charge on any atom is 0.407 e. The maximum absolute atomic E-state index is 13.0. The molecule has 2 saturated heterocycles. The topological polar surface area (TPSA) is 79.3 Å². The summed E-state index contributed by atoms with van der Waals surface area (Å²) >= 11 is 0. The molecule has 2 heterocycles. The summed E-state index contributed by atoms with van der Waals surface area (Å²) in [5.74, 6) is -0.678. The number of hydrogen-bond acceptors (Lipinski definition) is 5. The average Bonchev–Trinajstić information content (AvgIpc) is 2.53. The van der Waals surface area contributed by atoms with Gasteiger partial charge in [-0.05, 0) is 26.2 Å². The van der Waals surface area contributed by atoms with Crippen LogP contribution in [0.4, 0.5) is 18.0 Å². The van der Waals surface area contributed by atoms with Gasteiger partial charge in [0.1, 0.15) is 0 Å². The van der Waals surface area contributed by atoms with Crippen LogP contribution in [-0.2, 0) is 14.3 Å². The highest BCUT2D eigenvalue weighted by Crippen LogP contribution is 2.38. The van der Waals surface area contributed by atoms with Gasteiger partial charge >= 0.3 is 18.2 Å². The largest absolute Gasteiger partial charge is 0.465 e. The summed E-state index contributed by atoms with van der Waals surface area (Å²) in [7, 11) is 0. The third kappa shape index (κ3) is 5.71. The first-order chi connectivity index (χ1) is 12.5. The molecule has 0 aromatic heterocycles. The fourth-order valence-corrected chi connectivity index (χ4v) is 3.73. The number of carbonyl (C=O) groups is 2. The van der Waals surface area contributed by atoms with E-state index in [4.69, 9.17) is 14.6 Å². The van der Waals surface area contributed by atoms with E-state index in [9.17, 15) is 22.8 Å². The molecule has 2 fully saturated rings. The van der Waals surface area contributed by atoms with E-state index in [0.29, 0.717) is 6.42 Å². The monoisotopic (exact) mass is 396 g/mol. The highest BCUT2D eigenvalue weighted by atomic mass is 19.4. The predicted octanol–water partition coefficient (Wildman–Crippen LogP) is 2.50. The van der Waals surface area contributed by atoms with Gasteiger partial charge in [-0.15, -0.1) is 0 Å². The summed E-state index contributed by atoms with van der Waals surface area (Å²) in [6.07, 6.45) is -3.55. The van der Waals surface area contributed by atoms with Crippen LogP contribution < -0.4 is 0 Å². The molecule has 1 spiro atoms. The number of amides is 1. The van der Waals surface area contributed by atoms with Crippen molar-refractivity contribution in [3.05, 3.63) is 0 Å². The van der Waals surface area contributed by atoms with Crippen molar-refractivity contribution < 1.29 is 37.3 Å². The Kier molecular flexibility index (Phi) is 6.62. The number of alkyl halides is 3. The lowest BCUT2D eigenvalue weighted by atomic mass is 9.86. The summed E-state index contributed by atoms with van der Waals surface area (Å²) in [4.78, 5) is 26.0. The molecule has 0 radical (unpaired) electrons. The summed E-state index contributed by atoms with van der Waals surface area (Å²) in [6.45, 7) is 2.50. The number of hydrogen-bond donors (Lipinski definition) is 1. The van der Waals surface area contributed by atoms with E-state index in [-0.39, 0.29) is 45.6 Å². The van der Waals surface area contributed by atoms with E-state index in [0.717, 1.165) is 6.42 Å². The smallest absolute Gasteiger partial charge is 0.407 e. The molecular formula is C17H27F3N2O5. The second-order valence-electron chi connectivity index (χ2n) is 7.54. The number of likely N-dealkylation sites (tertiary alicyclic amines) is 1. The van der Waals surface area contributed by atoms with Gasteiger partial charge in [0.25, 0.3) is 0 Å². The van der Waals surface area contributed by atoms with Gasteiger partial charge in [0.2, 0.25) is 0 Å². The molecule has 1 N–H and O–H groups in total. The number of rotatable bonds is 5. The third-order valence-corrected chi connectivity index (χ3v) is 4.99. The molecule has 27 heavy (non-hydrogen) atoms. The first-order valence-electron chi connectivity index (χ1n) is 9.13. The van der Waals surface area contributed by atoms with Gasteiger partial charge < -0.3 is 19.5 Å². The Balaban J connectivity index is 2.17. The lowest BCUT2D eigenvalue weighted by Crippen LogP contribution is -2.67. The van der Waals surface area contributed by atoms with Gasteiger partial charge in [-0.25, -0.2) is 9.59 Å². The molecule has 0 aromatic rings. The van der Waals surface area contributed by atoms with Crippen molar-refractivity contribution in [1.29, 1.82) is 0 Å².